The summed E-state index contributed by atoms with van der Waals surface area (Å²) in [5.74, 6) is -1.44. The molecule has 3 aliphatic rings. The number of aromatic nitrogens is 2. The Morgan fingerprint density at radius 2 is 1.98 bits per heavy atom. The fourth-order valence-corrected chi connectivity index (χ4v) is 6.69. The zero-order chi connectivity index (χ0) is 28.7. The first-order chi connectivity index (χ1) is 19.8. The second-order valence-corrected chi connectivity index (χ2v) is 11.9. The summed E-state index contributed by atoms with van der Waals surface area (Å²) in [5.41, 5.74) is 3.34. The fourth-order valence-electron chi connectivity index (χ4n) is 5.79. The number of likely N-dealkylation sites (N-methyl/N-ethyl adjacent to an activating group) is 1. The third kappa shape index (κ3) is 5.73. The van der Waals surface area contributed by atoms with Crippen molar-refractivity contribution in [2.75, 3.05) is 30.1 Å². The number of fused-ring (bicyclic) bond motifs is 1. The highest BCUT2D eigenvalue weighted by Crippen LogP contribution is 2.41. The quantitative estimate of drug-likeness (QED) is 0.383. The molecule has 0 unspecified atom stereocenters. The van der Waals surface area contributed by atoms with Gasteiger partial charge in [0.15, 0.2) is 5.13 Å². The van der Waals surface area contributed by atoms with Crippen LogP contribution in [0.25, 0.3) is 22.4 Å². The van der Waals surface area contributed by atoms with E-state index in [1.54, 1.807) is 29.6 Å². The van der Waals surface area contributed by atoms with E-state index in [0.29, 0.717) is 47.4 Å². The average Bonchev–Trinajstić information content (AvgIpc) is 3.59. The molecule has 1 N–H and O–H groups in total. The number of benzene rings is 1. The van der Waals surface area contributed by atoms with E-state index < -0.39 is 17.7 Å². The minimum absolute atomic E-state index is 0.0186. The first kappa shape index (κ1) is 27.5. The highest BCUT2D eigenvalue weighted by Gasteiger charge is 2.40. The lowest BCUT2D eigenvalue weighted by atomic mass is 9.86. The molecule has 1 saturated carbocycles. The molecule has 3 aromatic rings. The molecule has 4 heterocycles. The van der Waals surface area contributed by atoms with Crippen molar-refractivity contribution < 1.29 is 28.6 Å². The molecule has 41 heavy (non-hydrogen) atoms. The van der Waals surface area contributed by atoms with Gasteiger partial charge in [0.2, 0.25) is 11.8 Å². The maximum absolute atomic E-state index is 14.5. The first-order valence-corrected chi connectivity index (χ1v) is 14.8. The Kier molecular flexibility index (Phi) is 7.56. The van der Waals surface area contributed by atoms with E-state index in [1.165, 1.54) is 28.4 Å². The molecule has 9 nitrogen and oxygen atoms in total. The largest absolute Gasteiger partial charge is 0.481 e. The third-order valence-corrected chi connectivity index (χ3v) is 8.96. The zero-order valence-corrected chi connectivity index (χ0v) is 23.5. The normalized spacial score (nSPS) is 17.9. The lowest BCUT2D eigenvalue weighted by molar-refractivity contribution is -0.141. The molecule has 0 spiro atoms. The van der Waals surface area contributed by atoms with Crippen LogP contribution in [0.5, 0.6) is 0 Å². The Morgan fingerprint density at radius 1 is 1.20 bits per heavy atom. The number of carboxylic acids is 1. The molecule has 1 saturated heterocycles. The van der Waals surface area contributed by atoms with Crippen LogP contribution < -0.4 is 9.80 Å². The molecular formula is C30H31FN4O5S. The lowest BCUT2D eigenvalue weighted by Gasteiger charge is -2.29. The third-order valence-electron chi connectivity index (χ3n) is 8.12. The first-order valence-electron chi connectivity index (χ1n) is 13.9. The van der Waals surface area contributed by atoms with E-state index in [1.807, 2.05) is 6.07 Å². The van der Waals surface area contributed by atoms with Gasteiger partial charge < -0.3 is 9.84 Å². The van der Waals surface area contributed by atoms with Crippen molar-refractivity contribution in [1.29, 1.82) is 0 Å². The molecule has 1 aromatic carbocycles. The van der Waals surface area contributed by atoms with Gasteiger partial charge in [-0.1, -0.05) is 6.07 Å². The van der Waals surface area contributed by atoms with Crippen LogP contribution in [0.4, 0.5) is 15.3 Å². The Morgan fingerprint density at radius 3 is 2.71 bits per heavy atom. The summed E-state index contributed by atoms with van der Waals surface area (Å²) in [6.07, 6.45) is 5.51. The van der Waals surface area contributed by atoms with Crippen molar-refractivity contribution in [3.05, 3.63) is 47.2 Å². The topological polar surface area (TPSA) is 113 Å². The van der Waals surface area contributed by atoms with Crippen LogP contribution in [-0.4, -0.2) is 59.2 Å². The van der Waals surface area contributed by atoms with Gasteiger partial charge in [-0.3, -0.25) is 24.2 Å². The number of ether oxygens (including phenoxy) is 1. The molecule has 1 atom stereocenters. The fraction of sp³-hybridized carbons (Fsp3) is 0.433. The number of carbonyl (C=O) groups excluding carboxylic acids is 2. The Labute approximate surface area is 241 Å². The van der Waals surface area contributed by atoms with Gasteiger partial charge in [-0.05, 0) is 61.8 Å². The van der Waals surface area contributed by atoms with E-state index in [-0.39, 0.29) is 36.6 Å². The van der Waals surface area contributed by atoms with Gasteiger partial charge in [0.1, 0.15) is 11.6 Å². The molecular weight excluding hydrogens is 547 g/mol. The summed E-state index contributed by atoms with van der Waals surface area (Å²) in [5, 5.41) is 11.9. The second kappa shape index (κ2) is 11.3. The van der Waals surface area contributed by atoms with Gasteiger partial charge in [0, 0.05) is 60.5 Å². The van der Waals surface area contributed by atoms with Gasteiger partial charge in [0.25, 0.3) is 0 Å². The summed E-state index contributed by atoms with van der Waals surface area (Å²) < 4.78 is 20.0. The van der Waals surface area contributed by atoms with Gasteiger partial charge in [-0.2, -0.15) is 0 Å². The summed E-state index contributed by atoms with van der Waals surface area (Å²) >= 11 is 1.30. The van der Waals surface area contributed by atoms with E-state index in [2.05, 4.69) is 4.98 Å². The van der Waals surface area contributed by atoms with Crippen molar-refractivity contribution in [3.8, 4) is 22.4 Å². The molecule has 214 valence electrons. The second-order valence-electron chi connectivity index (χ2n) is 11.1. The summed E-state index contributed by atoms with van der Waals surface area (Å²) in [6, 6.07) is 6.35. The van der Waals surface area contributed by atoms with Crippen molar-refractivity contribution in [2.24, 2.45) is 11.8 Å². The molecule has 11 heteroatoms. The summed E-state index contributed by atoms with van der Waals surface area (Å²) in [6.45, 7) is 1.26. The molecule has 6 rings (SSSR count). The number of hydrogen-bond acceptors (Lipinski definition) is 7. The standard InChI is InChI=1S/C30H31FN4O5S/c1-34-26(36)12-18-11-20(15-32-28(18)34)23-5-2-21(31)14-24(23)25-16-41-30(33-25)35(22-3-4-22)29(39)19(13-27(37)38)10-17-6-8-40-9-7-17/h2,5,11,14-17,19,22H,3-4,6-10,12-13H2,1H3,(H,37,38)/t19-/m1/s1. The maximum Gasteiger partial charge on any atom is 0.304 e. The SMILES string of the molecule is CN1C(=O)Cc2cc(-c3ccc(F)cc3-c3csc(N(C(=O)[C@@H](CC(=O)O)CC4CCOCC4)C4CC4)n3)cnc21. The number of carboxylic acid groups (broad SMARTS) is 1. The minimum atomic E-state index is -0.994. The van der Waals surface area contributed by atoms with Gasteiger partial charge in [-0.25, -0.2) is 14.4 Å². The lowest BCUT2D eigenvalue weighted by Crippen LogP contribution is -2.40. The van der Waals surface area contributed by atoms with Crippen molar-refractivity contribution >= 4 is 40.1 Å². The number of halogens is 1. The number of aliphatic carboxylic acids is 1. The van der Waals surface area contributed by atoms with Crippen molar-refractivity contribution in [3.63, 3.8) is 0 Å². The van der Waals surface area contributed by atoms with Crippen LogP contribution in [-0.2, 0) is 25.5 Å². The molecule has 2 amide bonds. The van der Waals surface area contributed by atoms with Crippen LogP contribution in [0.15, 0.2) is 35.8 Å². The highest BCUT2D eigenvalue weighted by atomic mass is 32.1. The monoisotopic (exact) mass is 578 g/mol. The van der Waals surface area contributed by atoms with Gasteiger partial charge in [-0.15, -0.1) is 11.3 Å². The minimum Gasteiger partial charge on any atom is -0.481 e. The van der Waals surface area contributed by atoms with E-state index in [4.69, 9.17) is 9.72 Å². The van der Waals surface area contributed by atoms with Crippen LogP contribution >= 0.6 is 11.3 Å². The highest BCUT2D eigenvalue weighted by molar-refractivity contribution is 7.14. The molecule has 0 radical (unpaired) electrons. The van der Waals surface area contributed by atoms with Crippen LogP contribution in [0, 0.1) is 17.7 Å². The molecule has 2 fully saturated rings. The van der Waals surface area contributed by atoms with Gasteiger partial charge in [0.05, 0.1) is 18.5 Å². The zero-order valence-electron chi connectivity index (χ0n) is 22.7. The van der Waals surface area contributed by atoms with Crippen molar-refractivity contribution in [2.45, 2.75) is 51.0 Å². The predicted octanol–water partition coefficient (Wildman–Crippen LogP) is 4.93. The number of amides is 2. The van der Waals surface area contributed by atoms with E-state index >= 15 is 0 Å². The van der Waals surface area contributed by atoms with Crippen LogP contribution in [0.1, 0.15) is 44.1 Å². The van der Waals surface area contributed by atoms with E-state index in [9.17, 15) is 23.9 Å². The molecule has 1 aliphatic carbocycles. The Hall–Kier alpha value is -3.70. The summed E-state index contributed by atoms with van der Waals surface area (Å²) in [4.78, 5) is 50.3. The number of anilines is 2. The number of nitrogens with zero attached hydrogens (tertiary/aromatic N) is 4. The van der Waals surface area contributed by atoms with Crippen LogP contribution in [0.2, 0.25) is 0 Å². The smallest absolute Gasteiger partial charge is 0.304 e. The van der Waals surface area contributed by atoms with Crippen molar-refractivity contribution in [1.82, 2.24) is 9.97 Å². The molecule has 0 bridgehead atoms. The van der Waals surface area contributed by atoms with Gasteiger partial charge >= 0.3 is 5.97 Å². The Balaban J connectivity index is 1.31. The van der Waals surface area contributed by atoms with E-state index in [0.717, 1.165) is 36.8 Å². The molecule has 2 aliphatic heterocycles. The number of pyridine rings is 1. The Bertz CT molecular complexity index is 1500. The average molecular weight is 579 g/mol. The number of carbonyl (C=O) groups is 3. The maximum atomic E-state index is 14.5. The number of rotatable bonds is 9. The predicted molar refractivity (Wildman–Crippen MR) is 152 cm³/mol. The number of thiazole rings is 1. The molecule has 2 aromatic heterocycles. The summed E-state index contributed by atoms with van der Waals surface area (Å²) in [7, 11) is 1.69. The van der Waals surface area contributed by atoms with Crippen LogP contribution in [0.3, 0.4) is 0 Å². The number of hydrogen-bond donors (Lipinski definition) is 1.